The van der Waals surface area contributed by atoms with Crippen LogP contribution < -0.4 is 20.1 Å². The zero-order valence-electron chi connectivity index (χ0n) is 15.5. The topological polar surface area (TPSA) is 59.6 Å². The molecule has 6 heteroatoms. The van der Waals surface area contributed by atoms with Crippen molar-refractivity contribution in [2.75, 3.05) is 7.11 Å². The monoisotopic (exact) mass is 382 g/mol. The number of hydrogen-bond donors (Lipinski definition) is 2. The molecule has 0 radical (unpaired) electrons. The van der Waals surface area contributed by atoms with Gasteiger partial charge < -0.3 is 20.1 Å². The molecule has 0 bridgehead atoms. The standard InChI is InChI=1S/C21H22N2O3S/c1-13-19(14(2)24)20(23-21(27)22-13)16-9-10-17(18(11-16)25-3)26-12-15-7-5-4-6-8-15/h4-11,20H,12H2,1-3H3,(H2,22,23,27). The van der Waals surface area contributed by atoms with Crippen molar-refractivity contribution >= 4 is 23.1 Å². The summed E-state index contributed by atoms with van der Waals surface area (Å²) in [6, 6.07) is 15.3. The maximum absolute atomic E-state index is 12.1. The molecule has 1 heterocycles. The molecule has 0 saturated carbocycles. The van der Waals surface area contributed by atoms with Gasteiger partial charge in [-0.15, -0.1) is 0 Å². The van der Waals surface area contributed by atoms with Gasteiger partial charge in [-0.2, -0.15) is 0 Å². The molecule has 2 aromatic rings. The largest absolute Gasteiger partial charge is 0.493 e. The normalized spacial score (nSPS) is 16.4. The SMILES string of the molecule is COc1cc(C2NC(=S)NC(C)=C2C(C)=O)ccc1OCc1ccccc1. The molecular formula is C21H22N2O3S. The predicted molar refractivity (Wildman–Crippen MR) is 109 cm³/mol. The average molecular weight is 382 g/mol. The van der Waals surface area contributed by atoms with Crippen molar-refractivity contribution in [3.8, 4) is 11.5 Å². The summed E-state index contributed by atoms with van der Waals surface area (Å²) in [5, 5.41) is 6.67. The zero-order valence-corrected chi connectivity index (χ0v) is 16.4. The third-order valence-electron chi connectivity index (χ3n) is 4.41. The van der Waals surface area contributed by atoms with Crippen LogP contribution in [0, 0.1) is 0 Å². The second-order valence-electron chi connectivity index (χ2n) is 6.31. The zero-order chi connectivity index (χ0) is 19.4. The van der Waals surface area contributed by atoms with Crippen molar-refractivity contribution in [2.45, 2.75) is 26.5 Å². The first kappa shape index (κ1) is 18.9. The molecule has 2 N–H and O–H groups in total. The summed E-state index contributed by atoms with van der Waals surface area (Å²) < 4.78 is 11.4. The molecule has 0 spiro atoms. The van der Waals surface area contributed by atoms with E-state index >= 15 is 0 Å². The van der Waals surface area contributed by atoms with Gasteiger partial charge in [0.05, 0.1) is 13.2 Å². The van der Waals surface area contributed by atoms with Crippen LogP contribution in [0.5, 0.6) is 11.5 Å². The third-order valence-corrected chi connectivity index (χ3v) is 4.63. The number of Topliss-reactive ketones (excluding diaryl/α,β-unsaturated/α-hetero) is 1. The van der Waals surface area contributed by atoms with Gasteiger partial charge in [0.2, 0.25) is 0 Å². The lowest BCUT2D eigenvalue weighted by Gasteiger charge is -2.30. The minimum Gasteiger partial charge on any atom is -0.493 e. The Kier molecular flexibility index (Phi) is 5.76. The minimum absolute atomic E-state index is 0.0108. The van der Waals surface area contributed by atoms with Crippen LogP contribution in [0.3, 0.4) is 0 Å². The van der Waals surface area contributed by atoms with Gasteiger partial charge in [0.1, 0.15) is 6.61 Å². The van der Waals surface area contributed by atoms with Crippen LogP contribution in [0.2, 0.25) is 0 Å². The summed E-state index contributed by atoms with van der Waals surface area (Å²) in [5.74, 6) is 1.24. The number of benzene rings is 2. The molecule has 0 amide bonds. The maximum atomic E-state index is 12.1. The van der Waals surface area contributed by atoms with Gasteiger partial charge in [-0.1, -0.05) is 36.4 Å². The molecule has 3 rings (SSSR count). The molecule has 2 aromatic carbocycles. The number of carbonyl (C=O) groups is 1. The second kappa shape index (κ2) is 8.22. The number of rotatable bonds is 6. The number of ketones is 1. The number of nitrogens with one attached hydrogen (secondary N) is 2. The average Bonchev–Trinajstić information content (AvgIpc) is 2.66. The lowest BCUT2D eigenvalue weighted by atomic mass is 9.93. The molecule has 5 nitrogen and oxygen atoms in total. The Balaban J connectivity index is 1.88. The Bertz CT molecular complexity index is 894. The van der Waals surface area contributed by atoms with E-state index in [4.69, 9.17) is 21.7 Å². The first-order valence-corrected chi connectivity index (χ1v) is 9.04. The van der Waals surface area contributed by atoms with Crippen molar-refractivity contribution in [3.05, 3.63) is 70.9 Å². The minimum atomic E-state index is -0.326. The van der Waals surface area contributed by atoms with E-state index in [9.17, 15) is 4.79 Å². The highest BCUT2D eigenvalue weighted by Gasteiger charge is 2.28. The number of thiocarbonyl (C=S) groups is 1. The van der Waals surface area contributed by atoms with Crippen LogP contribution in [-0.4, -0.2) is 18.0 Å². The van der Waals surface area contributed by atoms with Crippen molar-refractivity contribution in [1.29, 1.82) is 0 Å². The molecule has 1 aliphatic rings. The Morgan fingerprint density at radius 3 is 2.56 bits per heavy atom. The van der Waals surface area contributed by atoms with Gasteiger partial charge in [0.15, 0.2) is 22.4 Å². The summed E-state index contributed by atoms with van der Waals surface area (Å²) >= 11 is 5.26. The van der Waals surface area contributed by atoms with Gasteiger partial charge >= 0.3 is 0 Å². The van der Waals surface area contributed by atoms with E-state index in [0.29, 0.717) is 28.8 Å². The third kappa shape index (κ3) is 4.28. The predicted octanol–water partition coefficient (Wildman–Crippen LogP) is 3.66. The van der Waals surface area contributed by atoms with E-state index in [1.807, 2.05) is 55.5 Å². The number of hydrogen-bond acceptors (Lipinski definition) is 4. The maximum Gasteiger partial charge on any atom is 0.171 e. The van der Waals surface area contributed by atoms with E-state index in [1.54, 1.807) is 14.0 Å². The highest BCUT2D eigenvalue weighted by Crippen LogP contribution is 2.34. The summed E-state index contributed by atoms with van der Waals surface area (Å²) in [5.41, 5.74) is 3.38. The summed E-state index contributed by atoms with van der Waals surface area (Å²) in [7, 11) is 1.60. The van der Waals surface area contributed by atoms with Gasteiger partial charge in [-0.25, -0.2) is 0 Å². The summed E-state index contributed by atoms with van der Waals surface area (Å²) in [6.07, 6.45) is 0. The first-order chi connectivity index (χ1) is 13.0. The molecule has 0 aromatic heterocycles. The Morgan fingerprint density at radius 1 is 1.15 bits per heavy atom. The van der Waals surface area contributed by atoms with Crippen LogP contribution in [0.1, 0.15) is 31.0 Å². The molecule has 0 fully saturated rings. The van der Waals surface area contributed by atoms with E-state index in [2.05, 4.69) is 10.6 Å². The van der Waals surface area contributed by atoms with Gasteiger partial charge in [0.25, 0.3) is 0 Å². The van der Waals surface area contributed by atoms with Gasteiger partial charge in [-0.3, -0.25) is 4.79 Å². The fourth-order valence-corrected chi connectivity index (χ4v) is 3.40. The van der Waals surface area contributed by atoms with E-state index in [-0.39, 0.29) is 11.8 Å². The molecule has 1 atom stereocenters. The van der Waals surface area contributed by atoms with Crippen LogP contribution in [0.15, 0.2) is 59.8 Å². The van der Waals surface area contributed by atoms with Crippen molar-refractivity contribution in [3.63, 3.8) is 0 Å². The van der Waals surface area contributed by atoms with E-state index in [1.165, 1.54) is 0 Å². The molecule has 0 aliphatic carbocycles. The number of ether oxygens (including phenoxy) is 2. The molecule has 27 heavy (non-hydrogen) atoms. The quantitative estimate of drug-likeness (QED) is 0.744. The molecular weight excluding hydrogens is 360 g/mol. The van der Waals surface area contributed by atoms with Crippen LogP contribution in [0.25, 0.3) is 0 Å². The lowest BCUT2D eigenvalue weighted by molar-refractivity contribution is -0.114. The molecule has 1 unspecified atom stereocenters. The van der Waals surface area contributed by atoms with Crippen molar-refractivity contribution in [2.24, 2.45) is 0 Å². The second-order valence-corrected chi connectivity index (χ2v) is 6.72. The summed E-state index contributed by atoms with van der Waals surface area (Å²) in [6.45, 7) is 3.85. The van der Waals surface area contributed by atoms with Crippen LogP contribution >= 0.6 is 12.2 Å². The van der Waals surface area contributed by atoms with Gasteiger partial charge in [0, 0.05) is 11.3 Å². The Labute approximate surface area is 164 Å². The Morgan fingerprint density at radius 2 is 1.89 bits per heavy atom. The van der Waals surface area contributed by atoms with Gasteiger partial charge in [-0.05, 0) is 49.3 Å². The van der Waals surface area contributed by atoms with E-state index in [0.717, 1.165) is 16.8 Å². The van der Waals surface area contributed by atoms with Crippen LogP contribution in [0.4, 0.5) is 0 Å². The number of carbonyl (C=O) groups excluding carboxylic acids is 1. The van der Waals surface area contributed by atoms with Crippen molar-refractivity contribution in [1.82, 2.24) is 10.6 Å². The summed E-state index contributed by atoms with van der Waals surface area (Å²) in [4.78, 5) is 12.1. The molecule has 140 valence electrons. The van der Waals surface area contributed by atoms with E-state index < -0.39 is 0 Å². The first-order valence-electron chi connectivity index (χ1n) is 8.63. The fraction of sp³-hybridized carbons (Fsp3) is 0.238. The lowest BCUT2D eigenvalue weighted by Crippen LogP contribution is -2.44. The number of methoxy groups -OCH3 is 1. The number of allylic oxidation sites excluding steroid dienone is 1. The smallest absolute Gasteiger partial charge is 0.171 e. The highest BCUT2D eigenvalue weighted by atomic mass is 32.1. The van der Waals surface area contributed by atoms with Crippen molar-refractivity contribution < 1.29 is 14.3 Å². The molecule has 0 saturated heterocycles. The Hall–Kier alpha value is -2.86. The molecule has 1 aliphatic heterocycles. The fourth-order valence-electron chi connectivity index (χ4n) is 3.13. The highest BCUT2D eigenvalue weighted by molar-refractivity contribution is 7.80. The van der Waals surface area contributed by atoms with Crippen LogP contribution in [-0.2, 0) is 11.4 Å².